The van der Waals surface area contributed by atoms with Crippen LogP contribution < -0.4 is 14.2 Å². The van der Waals surface area contributed by atoms with Crippen LogP contribution in [0, 0.1) is 0 Å². The Balaban J connectivity index is 1.49. The molecule has 1 heterocycles. The highest BCUT2D eigenvalue weighted by Crippen LogP contribution is 2.36. The highest BCUT2D eigenvalue weighted by atomic mass is 16.5. The van der Waals surface area contributed by atoms with E-state index in [9.17, 15) is 0 Å². The molecule has 26 heavy (non-hydrogen) atoms. The molecule has 1 aromatic heterocycles. The van der Waals surface area contributed by atoms with E-state index < -0.39 is 0 Å². The molecule has 0 radical (unpaired) electrons. The van der Waals surface area contributed by atoms with Gasteiger partial charge in [-0.1, -0.05) is 12.1 Å². The molecule has 0 fully saturated rings. The average Bonchev–Trinajstić information content (AvgIpc) is 2.70. The third-order valence-corrected chi connectivity index (χ3v) is 5.07. The third kappa shape index (κ3) is 4.28. The topological polar surface area (TPSA) is 43.8 Å². The third-order valence-electron chi connectivity index (χ3n) is 5.07. The number of benzene rings is 1. The summed E-state index contributed by atoms with van der Waals surface area (Å²) in [5.74, 6) is 2.08. The highest BCUT2D eigenvalue weighted by Gasteiger charge is 2.22. The molecule has 5 heteroatoms. The minimum Gasteiger partial charge on any atom is -0.493 e. The van der Waals surface area contributed by atoms with Crippen molar-refractivity contribution in [2.75, 3.05) is 34.4 Å². The van der Waals surface area contributed by atoms with E-state index in [0.717, 1.165) is 25.8 Å². The van der Waals surface area contributed by atoms with E-state index in [-0.39, 0.29) is 0 Å². The Bertz CT molecular complexity index is 698. The van der Waals surface area contributed by atoms with E-state index in [0.29, 0.717) is 29.9 Å². The number of aromatic nitrogens is 1. The lowest BCUT2D eigenvalue weighted by Gasteiger charge is -2.31. The molecule has 0 saturated carbocycles. The van der Waals surface area contributed by atoms with Gasteiger partial charge in [0.1, 0.15) is 0 Å². The number of aryl methyl sites for hydroxylation is 1. The second kappa shape index (κ2) is 8.90. The quantitative estimate of drug-likeness (QED) is 0.679. The van der Waals surface area contributed by atoms with Crippen molar-refractivity contribution >= 4 is 0 Å². The van der Waals surface area contributed by atoms with E-state index in [4.69, 9.17) is 14.2 Å². The lowest BCUT2D eigenvalue weighted by atomic mass is 9.91. The van der Waals surface area contributed by atoms with Crippen molar-refractivity contribution in [2.24, 2.45) is 0 Å². The number of hydrogen-bond acceptors (Lipinski definition) is 5. The minimum atomic E-state index is 0.554. The number of nitrogens with zero attached hydrogens (tertiary/aromatic N) is 2. The number of methoxy groups -OCH3 is 2. The molecule has 0 amide bonds. The maximum Gasteiger partial charge on any atom is 0.203 e. The second-order valence-corrected chi connectivity index (χ2v) is 6.68. The summed E-state index contributed by atoms with van der Waals surface area (Å²) in [6.45, 7) is 1.62. The molecular weight excluding hydrogens is 328 g/mol. The van der Waals surface area contributed by atoms with E-state index in [2.05, 4.69) is 23.0 Å². The number of para-hydroxylation sites is 1. The molecule has 1 atom stereocenters. The monoisotopic (exact) mass is 356 g/mol. The Morgan fingerprint density at radius 1 is 1.12 bits per heavy atom. The molecule has 0 bridgehead atoms. The fraction of sp³-hybridized carbons (Fsp3) is 0.476. The van der Waals surface area contributed by atoms with Crippen LogP contribution in [0.1, 0.15) is 24.1 Å². The fourth-order valence-corrected chi connectivity index (χ4v) is 3.54. The van der Waals surface area contributed by atoms with Gasteiger partial charge in [-0.3, -0.25) is 4.98 Å². The van der Waals surface area contributed by atoms with Gasteiger partial charge in [-0.05, 0) is 50.1 Å². The summed E-state index contributed by atoms with van der Waals surface area (Å²) in [6.07, 6.45) is 6.19. The number of rotatable bonds is 8. The molecule has 5 nitrogen and oxygen atoms in total. The summed E-state index contributed by atoms with van der Waals surface area (Å²) in [5, 5.41) is 0. The fourth-order valence-electron chi connectivity index (χ4n) is 3.54. The molecular formula is C21H28N2O3. The van der Waals surface area contributed by atoms with Crippen molar-refractivity contribution in [3.63, 3.8) is 0 Å². The summed E-state index contributed by atoms with van der Waals surface area (Å²) in [7, 11) is 5.48. The summed E-state index contributed by atoms with van der Waals surface area (Å²) < 4.78 is 16.7. The predicted molar refractivity (Wildman–Crippen MR) is 102 cm³/mol. The second-order valence-electron chi connectivity index (χ2n) is 6.68. The maximum atomic E-state index is 5.96. The van der Waals surface area contributed by atoms with Gasteiger partial charge in [-0.15, -0.1) is 0 Å². The molecule has 0 N–H and O–H groups in total. The Morgan fingerprint density at radius 3 is 2.62 bits per heavy atom. The lowest BCUT2D eigenvalue weighted by Crippen LogP contribution is -2.37. The first-order valence-electron chi connectivity index (χ1n) is 9.19. The van der Waals surface area contributed by atoms with Gasteiger partial charge in [0.05, 0.1) is 20.8 Å². The van der Waals surface area contributed by atoms with E-state index in [1.165, 1.54) is 17.7 Å². The van der Waals surface area contributed by atoms with Crippen molar-refractivity contribution in [3.8, 4) is 17.2 Å². The summed E-state index contributed by atoms with van der Waals surface area (Å²) in [5.41, 5.74) is 2.66. The number of likely N-dealkylation sites (N-methyl/N-ethyl adjacent to an activating group) is 1. The standard InChI is InChI=1S/C21H28N2O3/c1-23(17-11-10-16-7-5-12-22-18(16)15-17)13-6-14-26-21-19(24-2)8-4-9-20(21)25-3/h4-5,7-9,12,17H,6,10-11,13-15H2,1-3H3. The minimum absolute atomic E-state index is 0.554. The lowest BCUT2D eigenvalue weighted by molar-refractivity contribution is 0.194. The van der Waals surface area contributed by atoms with Crippen LogP contribution in [0.3, 0.4) is 0 Å². The van der Waals surface area contributed by atoms with Gasteiger partial charge < -0.3 is 19.1 Å². The van der Waals surface area contributed by atoms with Crippen molar-refractivity contribution in [1.82, 2.24) is 9.88 Å². The number of hydrogen-bond donors (Lipinski definition) is 0. The number of ether oxygens (including phenoxy) is 3. The Hall–Kier alpha value is -2.27. The van der Waals surface area contributed by atoms with E-state index >= 15 is 0 Å². The first-order valence-corrected chi connectivity index (χ1v) is 9.19. The summed E-state index contributed by atoms with van der Waals surface area (Å²) >= 11 is 0. The normalized spacial score (nSPS) is 16.2. The van der Waals surface area contributed by atoms with Gasteiger partial charge in [0.15, 0.2) is 11.5 Å². The Morgan fingerprint density at radius 2 is 1.88 bits per heavy atom. The number of pyridine rings is 1. The zero-order chi connectivity index (χ0) is 18.4. The van der Waals surface area contributed by atoms with Crippen LogP contribution in [0.5, 0.6) is 17.2 Å². The van der Waals surface area contributed by atoms with Crippen molar-refractivity contribution < 1.29 is 14.2 Å². The highest BCUT2D eigenvalue weighted by molar-refractivity contribution is 5.51. The molecule has 2 aromatic rings. The van der Waals surface area contributed by atoms with Gasteiger partial charge in [0.2, 0.25) is 5.75 Å². The molecule has 140 valence electrons. The van der Waals surface area contributed by atoms with Crippen LogP contribution in [0.2, 0.25) is 0 Å². The van der Waals surface area contributed by atoms with Crippen LogP contribution in [-0.4, -0.2) is 50.3 Å². The van der Waals surface area contributed by atoms with Crippen LogP contribution >= 0.6 is 0 Å². The summed E-state index contributed by atoms with van der Waals surface area (Å²) in [6, 6.07) is 10.5. The summed E-state index contributed by atoms with van der Waals surface area (Å²) in [4.78, 5) is 6.98. The SMILES string of the molecule is COc1cccc(OC)c1OCCCN(C)C1CCc2cccnc2C1. The van der Waals surface area contributed by atoms with Gasteiger partial charge in [0.25, 0.3) is 0 Å². The Labute approximate surface area is 155 Å². The molecule has 1 aromatic carbocycles. The van der Waals surface area contributed by atoms with Gasteiger partial charge in [0, 0.05) is 30.9 Å². The largest absolute Gasteiger partial charge is 0.493 e. The molecule has 1 aliphatic rings. The number of fused-ring (bicyclic) bond motifs is 1. The molecule has 1 unspecified atom stereocenters. The van der Waals surface area contributed by atoms with E-state index in [1.54, 1.807) is 14.2 Å². The van der Waals surface area contributed by atoms with Crippen molar-refractivity contribution in [1.29, 1.82) is 0 Å². The van der Waals surface area contributed by atoms with Crippen molar-refractivity contribution in [3.05, 3.63) is 47.8 Å². The molecule has 3 rings (SSSR count). The van der Waals surface area contributed by atoms with Crippen molar-refractivity contribution in [2.45, 2.75) is 31.7 Å². The first kappa shape index (κ1) is 18.5. The maximum absolute atomic E-state index is 5.96. The zero-order valence-corrected chi connectivity index (χ0v) is 15.9. The van der Waals surface area contributed by atoms with Gasteiger partial charge >= 0.3 is 0 Å². The van der Waals surface area contributed by atoms with Gasteiger partial charge in [-0.25, -0.2) is 0 Å². The smallest absolute Gasteiger partial charge is 0.203 e. The van der Waals surface area contributed by atoms with E-state index in [1.807, 2.05) is 30.5 Å². The Kier molecular flexibility index (Phi) is 6.34. The van der Waals surface area contributed by atoms with Crippen LogP contribution in [0.25, 0.3) is 0 Å². The predicted octanol–water partition coefficient (Wildman–Crippen LogP) is 3.36. The van der Waals surface area contributed by atoms with Crippen LogP contribution in [0.15, 0.2) is 36.5 Å². The zero-order valence-electron chi connectivity index (χ0n) is 15.9. The molecule has 1 aliphatic carbocycles. The molecule has 0 spiro atoms. The first-order chi connectivity index (χ1) is 12.7. The van der Waals surface area contributed by atoms with Gasteiger partial charge in [-0.2, -0.15) is 0 Å². The molecule has 0 saturated heterocycles. The van der Waals surface area contributed by atoms with Crippen LogP contribution in [-0.2, 0) is 12.8 Å². The molecule has 0 aliphatic heterocycles. The van der Waals surface area contributed by atoms with Crippen LogP contribution in [0.4, 0.5) is 0 Å². The average molecular weight is 356 g/mol.